The highest BCUT2D eigenvalue weighted by Crippen LogP contribution is 2.00. The lowest BCUT2D eigenvalue weighted by Gasteiger charge is -2.04. The standard InChI is InChI=1S/C9H18N2O3/c1-7(11)9(13)14-8(12)5-3-2-4-6-10/h7H,2-6,10-11H2,1H3/t7-/m0/s1. The Morgan fingerprint density at radius 3 is 2.43 bits per heavy atom. The molecule has 0 heterocycles. The molecule has 0 aliphatic carbocycles. The molecule has 0 bridgehead atoms. The molecule has 0 rings (SSSR count). The third kappa shape index (κ3) is 6.56. The quantitative estimate of drug-likeness (QED) is 0.357. The van der Waals surface area contributed by atoms with Crippen molar-refractivity contribution in [2.75, 3.05) is 6.54 Å². The summed E-state index contributed by atoms with van der Waals surface area (Å²) in [6.45, 7) is 2.10. The van der Waals surface area contributed by atoms with Crippen LogP contribution in [0, 0.1) is 0 Å². The van der Waals surface area contributed by atoms with Crippen molar-refractivity contribution in [2.45, 2.75) is 38.6 Å². The molecule has 0 aromatic heterocycles. The van der Waals surface area contributed by atoms with Crippen molar-refractivity contribution < 1.29 is 14.3 Å². The minimum absolute atomic E-state index is 0.248. The molecule has 14 heavy (non-hydrogen) atoms. The van der Waals surface area contributed by atoms with Crippen molar-refractivity contribution in [1.82, 2.24) is 0 Å². The summed E-state index contributed by atoms with van der Waals surface area (Å²) >= 11 is 0. The Morgan fingerprint density at radius 1 is 1.29 bits per heavy atom. The van der Waals surface area contributed by atoms with E-state index in [2.05, 4.69) is 4.74 Å². The van der Waals surface area contributed by atoms with Gasteiger partial charge in [-0.2, -0.15) is 0 Å². The highest BCUT2D eigenvalue weighted by molar-refractivity contribution is 5.87. The highest BCUT2D eigenvalue weighted by Gasteiger charge is 2.13. The van der Waals surface area contributed by atoms with E-state index in [-0.39, 0.29) is 6.42 Å². The average molecular weight is 202 g/mol. The van der Waals surface area contributed by atoms with Crippen LogP contribution in [0.5, 0.6) is 0 Å². The number of unbranched alkanes of at least 4 members (excludes halogenated alkanes) is 2. The Balaban J connectivity index is 3.51. The van der Waals surface area contributed by atoms with Crippen LogP contribution in [0.15, 0.2) is 0 Å². The van der Waals surface area contributed by atoms with Crippen molar-refractivity contribution in [3.8, 4) is 0 Å². The van der Waals surface area contributed by atoms with Gasteiger partial charge in [0.2, 0.25) is 0 Å². The van der Waals surface area contributed by atoms with Gasteiger partial charge in [-0.25, -0.2) is 4.79 Å². The van der Waals surface area contributed by atoms with Gasteiger partial charge in [0, 0.05) is 6.42 Å². The van der Waals surface area contributed by atoms with Crippen molar-refractivity contribution in [1.29, 1.82) is 0 Å². The first-order valence-corrected chi connectivity index (χ1v) is 4.78. The normalized spacial score (nSPS) is 12.2. The van der Waals surface area contributed by atoms with E-state index >= 15 is 0 Å². The summed E-state index contributed by atoms with van der Waals surface area (Å²) in [5.74, 6) is -1.18. The molecule has 0 radical (unpaired) electrons. The molecule has 0 saturated carbocycles. The van der Waals surface area contributed by atoms with Crippen LogP contribution in [0.4, 0.5) is 0 Å². The molecule has 0 amide bonds. The van der Waals surface area contributed by atoms with Gasteiger partial charge >= 0.3 is 11.9 Å². The minimum atomic E-state index is -0.747. The zero-order valence-electron chi connectivity index (χ0n) is 8.49. The molecular weight excluding hydrogens is 184 g/mol. The van der Waals surface area contributed by atoms with Crippen LogP contribution in [-0.2, 0) is 14.3 Å². The molecular formula is C9H18N2O3. The van der Waals surface area contributed by atoms with E-state index in [1.54, 1.807) is 0 Å². The van der Waals surface area contributed by atoms with Crippen molar-refractivity contribution in [3.05, 3.63) is 0 Å². The topological polar surface area (TPSA) is 95.4 Å². The smallest absolute Gasteiger partial charge is 0.330 e. The largest absolute Gasteiger partial charge is 0.392 e. The van der Waals surface area contributed by atoms with E-state index in [0.29, 0.717) is 13.0 Å². The lowest BCUT2D eigenvalue weighted by molar-refractivity contribution is -0.160. The zero-order chi connectivity index (χ0) is 11.0. The van der Waals surface area contributed by atoms with Crippen LogP contribution in [0.3, 0.4) is 0 Å². The molecule has 0 aliphatic heterocycles. The molecule has 0 saturated heterocycles. The van der Waals surface area contributed by atoms with Crippen LogP contribution in [0.25, 0.3) is 0 Å². The van der Waals surface area contributed by atoms with Crippen LogP contribution in [0.1, 0.15) is 32.6 Å². The number of hydrogen-bond donors (Lipinski definition) is 2. The predicted octanol–water partition coefficient (Wildman–Crippen LogP) is -0.0775. The maximum atomic E-state index is 11.0. The maximum Gasteiger partial charge on any atom is 0.330 e. The van der Waals surface area contributed by atoms with Gasteiger partial charge in [0.15, 0.2) is 0 Å². The molecule has 0 unspecified atom stereocenters. The highest BCUT2D eigenvalue weighted by atomic mass is 16.6. The number of ether oxygens (including phenoxy) is 1. The van der Waals surface area contributed by atoms with Crippen molar-refractivity contribution in [3.63, 3.8) is 0 Å². The number of esters is 2. The van der Waals surface area contributed by atoms with E-state index in [1.165, 1.54) is 6.92 Å². The van der Waals surface area contributed by atoms with E-state index in [1.807, 2.05) is 0 Å². The molecule has 0 fully saturated rings. The van der Waals surface area contributed by atoms with E-state index in [9.17, 15) is 9.59 Å². The van der Waals surface area contributed by atoms with Crippen molar-refractivity contribution in [2.24, 2.45) is 11.5 Å². The summed E-state index contributed by atoms with van der Waals surface area (Å²) in [5, 5.41) is 0. The molecule has 5 heteroatoms. The fraction of sp³-hybridized carbons (Fsp3) is 0.778. The van der Waals surface area contributed by atoms with Gasteiger partial charge in [0.1, 0.15) is 6.04 Å². The van der Waals surface area contributed by atoms with Gasteiger partial charge in [0.05, 0.1) is 0 Å². The summed E-state index contributed by atoms with van der Waals surface area (Å²) in [6.07, 6.45) is 2.70. The van der Waals surface area contributed by atoms with Gasteiger partial charge in [-0.3, -0.25) is 4.79 Å². The Hall–Kier alpha value is -0.940. The fourth-order valence-corrected chi connectivity index (χ4v) is 0.847. The minimum Gasteiger partial charge on any atom is -0.392 e. The molecule has 0 aliphatic rings. The van der Waals surface area contributed by atoms with Crippen molar-refractivity contribution >= 4 is 11.9 Å². The van der Waals surface area contributed by atoms with E-state index in [4.69, 9.17) is 11.5 Å². The summed E-state index contributed by atoms with van der Waals surface area (Å²) in [6, 6.07) is -0.747. The van der Waals surface area contributed by atoms with Crippen LogP contribution in [-0.4, -0.2) is 24.5 Å². The van der Waals surface area contributed by atoms with E-state index in [0.717, 1.165) is 12.8 Å². The summed E-state index contributed by atoms with van der Waals surface area (Å²) < 4.78 is 4.46. The fourth-order valence-electron chi connectivity index (χ4n) is 0.847. The van der Waals surface area contributed by atoms with Gasteiger partial charge in [-0.15, -0.1) is 0 Å². The maximum absolute atomic E-state index is 11.0. The molecule has 4 N–H and O–H groups in total. The van der Waals surface area contributed by atoms with Crippen LogP contribution >= 0.6 is 0 Å². The molecule has 0 aromatic rings. The first-order chi connectivity index (χ1) is 6.57. The van der Waals surface area contributed by atoms with E-state index < -0.39 is 18.0 Å². The van der Waals surface area contributed by atoms with Gasteiger partial charge < -0.3 is 16.2 Å². The van der Waals surface area contributed by atoms with Gasteiger partial charge in [0.25, 0.3) is 0 Å². The zero-order valence-corrected chi connectivity index (χ0v) is 8.49. The Labute approximate surface area is 83.8 Å². The number of rotatable bonds is 6. The average Bonchev–Trinajstić information content (AvgIpc) is 2.12. The monoisotopic (exact) mass is 202 g/mol. The van der Waals surface area contributed by atoms with Gasteiger partial charge in [-0.05, 0) is 26.3 Å². The summed E-state index contributed by atoms with van der Waals surface area (Å²) in [5.41, 5.74) is 10.5. The second-order valence-corrected chi connectivity index (χ2v) is 3.18. The molecule has 5 nitrogen and oxygen atoms in total. The molecule has 0 spiro atoms. The number of carbonyl (C=O) groups excluding carboxylic acids is 2. The first kappa shape index (κ1) is 13.1. The molecule has 0 aromatic carbocycles. The van der Waals surface area contributed by atoms with Crippen LogP contribution < -0.4 is 11.5 Å². The summed E-state index contributed by atoms with van der Waals surface area (Å²) in [7, 11) is 0. The van der Waals surface area contributed by atoms with Gasteiger partial charge in [-0.1, -0.05) is 6.42 Å². The SMILES string of the molecule is C[C@H](N)C(=O)OC(=O)CCCCCN. The second-order valence-electron chi connectivity index (χ2n) is 3.18. The third-order valence-corrected chi connectivity index (χ3v) is 1.67. The predicted molar refractivity (Wildman–Crippen MR) is 52.3 cm³/mol. The van der Waals surface area contributed by atoms with Crippen LogP contribution in [0.2, 0.25) is 0 Å². The third-order valence-electron chi connectivity index (χ3n) is 1.67. The first-order valence-electron chi connectivity index (χ1n) is 4.78. The number of hydrogen-bond acceptors (Lipinski definition) is 5. The second kappa shape index (κ2) is 7.46. The number of carbonyl (C=O) groups is 2. The Bertz CT molecular complexity index is 192. The Kier molecular flexibility index (Phi) is 6.96. The summed E-state index contributed by atoms with van der Waals surface area (Å²) in [4.78, 5) is 21.8. The lowest BCUT2D eigenvalue weighted by atomic mass is 10.2. The lowest BCUT2D eigenvalue weighted by Crippen LogP contribution is -2.30. The number of nitrogens with two attached hydrogens (primary N) is 2. The molecule has 82 valence electrons. The Morgan fingerprint density at radius 2 is 1.93 bits per heavy atom. The molecule has 1 atom stereocenters.